The van der Waals surface area contributed by atoms with Gasteiger partial charge in [-0.15, -0.1) is 0 Å². The molecular weight excluding hydrogens is 809 g/mol. The fourth-order valence-corrected chi connectivity index (χ4v) is 9.05. The van der Waals surface area contributed by atoms with Crippen molar-refractivity contribution in [3.63, 3.8) is 0 Å². The Bertz CT molecular complexity index is 3600. The molecule has 0 aliphatic carbocycles. The van der Waals surface area contributed by atoms with E-state index in [0.717, 1.165) is 0 Å². The van der Waals surface area contributed by atoms with Gasteiger partial charge in [-0.25, -0.2) is 9.97 Å². The van der Waals surface area contributed by atoms with Gasteiger partial charge < -0.3 is 9.97 Å². The SMILES string of the molecule is O=S(=O)(O)c1ccc2c(c1)-c1cc3nc(cc4[nH]c(cc5[nH]c(cc-2n1)c1cc(S(=O)(=O)O)ccc51)c1ccc(S(=O)(=O)O)cc41)-c1cc(S(=O)(=O)O)ccc1-3. The summed E-state index contributed by atoms with van der Waals surface area (Å²) in [5, 5.41) is 1.59. The van der Waals surface area contributed by atoms with Crippen molar-refractivity contribution in [3.8, 4) is 45.0 Å². The number of fused-ring (bicyclic) bond motifs is 20. The first kappa shape index (κ1) is 35.8. The van der Waals surface area contributed by atoms with Gasteiger partial charge in [0.1, 0.15) is 0 Å². The maximum Gasteiger partial charge on any atom is 0.294 e. The van der Waals surface area contributed by atoms with E-state index in [1.807, 2.05) is 0 Å². The Morgan fingerprint density at radius 1 is 0.339 bits per heavy atom. The zero-order chi connectivity index (χ0) is 39.7. The molecule has 0 unspecified atom stereocenters. The minimum Gasteiger partial charge on any atom is -0.354 e. The molecule has 0 saturated heterocycles. The Kier molecular flexibility index (Phi) is 7.57. The average Bonchev–Trinajstić information content (AvgIpc) is 3.84. The quantitative estimate of drug-likeness (QED) is 0.107. The molecule has 7 aromatic rings. The molecule has 6 N–H and O–H groups in total. The van der Waals surface area contributed by atoms with E-state index in [-0.39, 0.29) is 39.4 Å². The third-order valence-corrected chi connectivity index (χ3v) is 13.0. The van der Waals surface area contributed by atoms with Crippen molar-refractivity contribution < 1.29 is 51.9 Å². The van der Waals surface area contributed by atoms with Crippen molar-refractivity contribution in [3.05, 3.63) is 97.1 Å². The van der Waals surface area contributed by atoms with Crippen LogP contribution in [0.3, 0.4) is 0 Å². The highest BCUT2D eigenvalue weighted by Gasteiger charge is 2.25. The summed E-state index contributed by atoms with van der Waals surface area (Å²) < 4.78 is 138. The number of nitrogens with one attached hydrogen (secondary N) is 2. The summed E-state index contributed by atoms with van der Waals surface area (Å²) in [4.78, 5) is 14.4. The number of aromatic amines is 2. The number of nitrogens with zero attached hydrogens (tertiary/aromatic N) is 2. The number of hydrogen-bond donors (Lipinski definition) is 6. The second kappa shape index (κ2) is 11.8. The maximum atomic E-state index is 12.2. The van der Waals surface area contributed by atoms with Gasteiger partial charge in [0.2, 0.25) is 0 Å². The lowest BCUT2D eigenvalue weighted by Crippen LogP contribution is -1.98. The molecule has 16 nitrogen and oxygen atoms in total. The summed E-state index contributed by atoms with van der Waals surface area (Å²) >= 11 is 0. The summed E-state index contributed by atoms with van der Waals surface area (Å²) in [6.45, 7) is 0. The first-order chi connectivity index (χ1) is 26.2. The van der Waals surface area contributed by atoms with Gasteiger partial charge in [-0.1, -0.05) is 24.3 Å². The van der Waals surface area contributed by atoms with Crippen molar-refractivity contribution >= 4 is 84.1 Å². The molecule has 282 valence electrons. The first-order valence-corrected chi connectivity index (χ1v) is 21.8. The van der Waals surface area contributed by atoms with Crippen molar-refractivity contribution in [2.24, 2.45) is 0 Å². The number of hydrogen-bond acceptors (Lipinski definition) is 10. The van der Waals surface area contributed by atoms with Crippen LogP contribution in [0.1, 0.15) is 0 Å². The highest BCUT2D eigenvalue weighted by Crippen LogP contribution is 2.43. The Morgan fingerprint density at radius 3 is 1.07 bits per heavy atom. The van der Waals surface area contributed by atoms with Crippen LogP contribution in [0.4, 0.5) is 0 Å². The molecule has 9 rings (SSSR count). The van der Waals surface area contributed by atoms with Crippen LogP contribution in [0.5, 0.6) is 0 Å². The van der Waals surface area contributed by atoms with Crippen LogP contribution >= 0.6 is 0 Å². The average molecular weight is 831 g/mol. The number of H-pyrrole nitrogens is 2. The number of rotatable bonds is 4. The van der Waals surface area contributed by atoms with E-state index in [9.17, 15) is 51.9 Å². The molecule has 2 aliphatic heterocycles. The van der Waals surface area contributed by atoms with Crippen LogP contribution in [-0.4, -0.2) is 71.8 Å². The van der Waals surface area contributed by atoms with E-state index < -0.39 is 60.1 Å². The minimum absolute atomic E-state index is 0.155. The normalized spacial score (nSPS) is 13.2. The van der Waals surface area contributed by atoms with Crippen LogP contribution < -0.4 is 0 Å². The predicted molar refractivity (Wildman–Crippen MR) is 204 cm³/mol. The van der Waals surface area contributed by atoms with E-state index in [1.165, 1.54) is 84.9 Å². The molecule has 0 spiro atoms. The maximum absolute atomic E-state index is 12.2. The van der Waals surface area contributed by atoms with Crippen molar-refractivity contribution in [1.82, 2.24) is 19.9 Å². The lowest BCUT2D eigenvalue weighted by Gasteiger charge is -2.04. The first-order valence-electron chi connectivity index (χ1n) is 16.0. The fraction of sp³-hybridized carbons (Fsp3) is 0. The molecule has 8 bridgehead atoms. The van der Waals surface area contributed by atoms with Crippen LogP contribution in [0.15, 0.2) is 117 Å². The van der Waals surface area contributed by atoms with Crippen molar-refractivity contribution in [2.75, 3.05) is 0 Å². The monoisotopic (exact) mass is 830 g/mol. The van der Waals surface area contributed by atoms with E-state index in [2.05, 4.69) is 9.97 Å². The summed E-state index contributed by atoms with van der Waals surface area (Å²) in [6, 6.07) is 21.7. The van der Waals surface area contributed by atoms with E-state index in [1.54, 1.807) is 12.1 Å². The Labute approximate surface area is 316 Å². The zero-order valence-corrected chi connectivity index (χ0v) is 31.1. The zero-order valence-electron chi connectivity index (χ0n) is 27.8. The lowest BCUT2D eigenvalue weighted by molar-refractivity contribution is 0.481. The molecule has 20 heteroatoms. The highest BCUT2D eigenvalue weighted by molar-refractivity contribution is 7.86. The summed E-state index contributed by atoms with van der Waals surface area (Å²) in [6.07, 6.45) is 0. The van der Waals surface area contributed by atoms with Gasteiger partial charge in [0.15, 0.2) is 0 Å². The Balaban J connectivity index is 1.50. The molecule has 3 aromatic heterocycles. The molecule has 56 heavy (non-hydrogen) atoms. The van der Waals surface area contributed by atoms with Crippen LogP contribution in [0.2, 0.25) is 0 Å². The van der Waals surface area contributed by atoms with Gasteiger partial charge in [-0.05, 0) is 72.8 Å². The summed E-state index contributed by atoms with van der Waals surface area (Å²) in [5.74, 6) is 0. The molecule has 4 aromatic carbocycles. The van der Waals surface area contributed by atoms with Crippen LogP contribution in [0.25, 0.3) is 88.6 Å². The van der Waals surface area contributed by atoms with Gasteiger partial charge >= 0.3 is 0 Å². The van der Waals surface area contributed by atoms with E-state index in [4.69, 9.17) is 9.97 Å². The molecule has 5 heterocycles. The standard InChI is InChI=1S/C36H22N4O12S4/c41-53(42,43)17-1-5-21-25(9-17)33-14-31-23-7-3-18(54(44,45)46)10-26(23)34(39-31)15-32-24-8-4-20(56(50,51)52)12-28(24)36(40-32)16-35-27-11-19(55(47,48)49)2-6-22(27)30(38-35)13-29(21)37-33/h1-16,37-38H,(H,41,42,43)(H,44,45,46)(H,47,48,49)(H,50,51,52). The fourth-order valence-electron chi connectivity index (χ4n) is 7.02. The second-order valence-corrected chi connectivity index (χ2v) is 18.7. The molecule has 0 atom stereocenters. The molecule has 2 aliphatic rings. The Morgan fingerprint density at radius 2 is 0.661 bits per heavy atom. The third kappa shape index (κ3) is 5.95. The van der Waals surface area contributed by atoms with Gasteiger partial charge in [0.25, 0.3) is 40.5 Å². The molecule has 0 saturated carbocycles. The molecule has 0 fully saturated rings. The molecule has 0 radical (unpaired) electrons. The Hall–Kier alpha value is -5.84. The van der Waals surface area contributed by atoms with Crippen molar-refractivity contribution in [2.45, 2.75) is 19.6 Å². The number of benzene rings is 4. The minimum atomic E-state index is -4.69. The van der Waals surface area contributed by atoms with Crippen LogP contribution in [-0.2, 0) is 40.5 Å². The predicted octanol–water partition coefficient (Wildman–Crippen LogP) is 6.28. The third-order valence-electron chi connectivity index (χ3n) is 9.56. The summed E-state index contributed by atoms with van der Waals surface area (Å²) in [5.41, 5.74) is 3.51. The number of aromatic nitrogens is 4. The van der Waals surface area contributed by atoms with Gasteiger partial charge in [0, 0.05) is 65.9 Å². The summed E-state index contributed by atoms with van der Waals surface area (Å²) in [7, 11) is -18.7. The van der Waals surface area contributed by atoms with E-state index in [0.29, 0.717) is 49.2 Å². The largest absolute Gasteiger partial charge is 0.354 e. The highest BCUT2D eigenvalue weighted by atomic mass is 32.2. The lowest BCUT2D eigenvalue weighted by atomic mass is 10.0. The smallest absolute Gasteiger partial charge is 0.294 e. The van der Waals surface area contributed by atoms with E-state index >= 15 is 0 Å². The second-order valence-electron chi connectivity index (χ2n) is 13.0. The van der Waals surface area contributed by atoms with Crippen molar-refractivity contribution in [1.29, 1.82) is 0 Å². The molecule has 0 amide bonds. The van der Waals surface area contributed by atoms with Crippen LogP contribution in [0, 0.1) is 0 Å². The molecular formula is C36H22N4O12S4. The van der Waals surface area contributed by atoms with Gasteiger partial charge in [-0.2, -0.15) is 33.7 Å². The van der Waals surface area contributed by atoms with Gasteiger partial charge in [-0.3, -0.25) is 18.2 Å². The topological polar surface area (TPSA) is 275 Å². The van der Waals surface area contributed by atoms with Gasteiger partial charge in [0.05, 0.1) is 42.4 Å².